The molecule has 156 valence electrons. The molecule has 0 unspecified atom stereocenters. The van der Waals surface area contributed by atoms with E-state index < -0.39 is 5.41 Å². The third-order valence-electron chi connectivity index (χ3n) is 6.82. The van der Waals surface area contributed by atoms with E-state index >= 15 is 0 Å². The van der Waals surface area contributed by atoms with Crippen LogP contribution in [0.5, 0.6) is 5.75 Å². The molecule has 3 fully saturated rings. The van der Waals surface area contributed by atoms with Gasteiger partial charge in [0.05, 0.1) is 12.5 Å². The predicted octanol–water partition coefficient (Wildman–Crippen LogP) is 3.04. The second-order valence-electron chi connectivity index (χ2n) is 8.62. The summed E-state index contributed by atoms with van der Waals surface area (Å²) in [6.07, 6.45) is 7.07. The summed E-state index contributed by atoms with van der Waals surface area (Å²) in [5, 5.41) is 0. The molecule has 1 saturated carbocycles. The molecule has 1 aliphatic carbocycles. The van der Waals surface area contributed by atoms with Crippen LogP contribution in [0.25, 0.3) is 0 Å². The van der Waals surface area contributed by atoms with Crippen LogP contribution in [0.2, 0.25) is 0 Å². The van der Waals surface area contributed by atoms with E-state index in [0.29, 0.717) is 11.3 Å². The van der Waals surface area contributed by atoms with Gasteiger partial charge in [-0.1, -0.05) is 25.0 Å². The number of rotatable bonds is 5. The van der Waals surface area contributed by atoms with Crippen molar-refractivity contribution in [2.75, 3.05) is 20.2 Å². The lowest BCUT2D eigenvalue weighted by Crippen LogP contribution is -2.46. The fourth-order valence-corrected chi connectivity index (χ4v) is 5.19. The number of amides is 3. The van der Waals surface area contributed by atoms with Crippen molar-refractivity contribution in [1.29, 1.82) is 0 Å². The van der Waals surface area contributed by atoms with E-state index in [1.807, 2.05) is 29.2 Å². The number of likely N-dealkylation sites (tertiary alicyclic amines) is 2. The minimum Gasteiger partial charge on any atom is -0.497 e. The Kier molecular flexibility index (Phi) is 5.61. The van der Waals surface area contributed by atoms with Crippen molar-refractivity contribution in [3.05, 3.63) is 29.8 Å². The highest BCUT2D eigenvalue weighted by atomic mass is 16.5. The van der Waals surface area contributed by atoms with Crippen LogP contribution >= 0.6 is 0 Å². The summed E-state index contributed by atoms with van der Waals surface area (Å²) in [4.78, 5) is 43.3. The van der Waals surface area contributed by atoms with Crippen molar-refractivity contribution in [2.45, 2.75) is 69.2 Å². The molecule has 2 heterocycles. The lowest BCUT2D eigenvalue weighted by atomic mass is 9.75. The van der Waals surface area contributed by atoms with Crippen LogP contribution < -0.4 is 4.74 Å². The zero-order chi connectivity index (χ0) is 20.4. The van der Waals surface area contributed by atoms with E-state index in [2.05, 4.69) is 0 Å². The number of hydrogen-bond acceptors (Lipinski definition) is 4. The molecule has 1 aromatic rings. The van der Waals surface area contributed by atoms with Crippen molar-refractivity contribution in [1.82, 2.24) is 9.80 Å². The maximum atomic E-state index is 13.7. The summed E-state index contributed by atoms with van der Waals surface area (Å²) >= 11 is 0. The van der Waals surface area contributed by atoms with Crippen molar-refractivity contribution in [2.24, 2.45) is 0 Å². The Morgan fingerprint density at radius 2 is 1.83 bits per heavy atom. The maximum absolute atomic E-state index is 13.7. The number of nitrogens with zero attached hydrogens (tertiary/aromatic N) is 2. The van der Waals surface area contributed by atoms with E-state index in [1.165, 1.54) is 4.90 Å². The van der Waals surface area contributed by atoms with Gasteiger partial charge in [0.25, 0.3) is 0 Å². The normalized spacial score (nSPS) is 25.7. The molecule has 29 heavy (non-hydrogen) atoms. The van der Waals surface area contributed by atoms with Gasteiger partial charge in [0.2, 0.25) is 17.7 Å². The van der Waals surface area contributed by atoms with E-state index in [0.717, 1.165) is 58.0 Å². The van der Waals surface area contributed by atoms with E-state index in [-0.39, 0.29) is 36.6 Å². The Balaban J connectivity index is 1.70. The van der Waals surface area contributed by atoms with Crippen LogP contribution in [0.15, 0.2) is 24.3 Å². The molecule has 2 aliphatic heterocycles. The fourth-order valence-electron chi connectivity index (χ4n) is 5.19. The average Bonchev–Trinajstić information content (AvgIpc) is 3.35. The molecule has 0 radical (unpaired) electrons. The number of piperidine rings is 1. The zero-order valence-electron chi connectivity index (χ0n) is 17.2. The molecule has 2 saturated heterocycles. The van der Waals surface area contributed by atoms with E-state index in [1.54, 1.807) is 7.11 Å². The molecule has 6 nitrogen and oxygen atoms in total. The van der Waals surface area contributed by atoms with Gasteiger partial charge in [-0.25, -0.2) is 0 Å². The largest absolute Gasteiger partial charge is 0.497 e. The number of benzene rings is 1. The van der Waals surface area contributed by atoms with Gasteiger partial charge in [0.1, 0.15) is 5.75 Å². The first-order chi connectivity index (χ1) is 14.0. The lowest BCUT2D eigenvalue weighted by Gasteiger charge is -2.33. The quantitative estimate of drug-likeness (QED) is 0.715. The van der Waals surface area contributed by atoms with Crippen LogP contribution in [0.4, 0.5) is 0 Å². The minimum absolute atomic E-state index is 0.0208. The standard InChI is InChI=1S/C23H30N2O4/c1-29-19-11-7-8-17(14-19)23(15-20(26)24-12-5-2-6-13-24)16-21(27)25(22(23)28)18-9-3-4-10-18/h7-8,11,14,18H,2-6,9-10,12-13,15-16H2,1H3/t23-/m0/s1. The molecule has 6 heteroatoms. The summed E-state index contributed by atoms with van der Waals surface area (Å²) in [5.74, 6) is 0.262. The lowest BCUT2D eigenvalue weighted by molar-refractivity contribution is -0.145. The van der Waals surface area contributed by atoms with E-state index in [4.69, 9.17) is 4.74 Å². The molecule has 4 rings (SSSR count). The molecule has 0 aromatic heterocycles. The number of methoxy groups -OCH3 is 1. The van der Waals surface area contributed by atoms with Crippen LogP contribution in [0.1, 0.15) is 63.4 Å². The van der Waals surface area contributed by atoms with Gasteiger partial charge < -0.3 is 9.64 Å². The average molecular weight is 399 g/mol. The van der Waals surface area contributed by atoms with Crippen LogP contribution in [-0.2, 0) is 19.8 Å². The van der Waals surface area contributed by atoms with E-state index in [9.17, 15) is 14.4 Å². The topological polar surface area (TPSA) is 66.9 Å². The van der Waals surface area contributed by atoms with Crippen molar-refractivity contribution in [3.8, 4) is 5.75 Å². The molecule has 0 bridgehead atoms. The predicted molar refractivity (Wildman–Crippen MR) is 108 cm³/mol. The smallest absolute Gasteiger partial charge is 0.241 e. The first kappa shape index (κ1) is 19.9. The molecule has 1 atom stereocenters. The van der Waals surface area contributed by atoms with Crippen LogP contribution in [0, 0.1) is 0 Å². The van der Waals surface area contributed by atoms with Gasteiger partial charge in [0, 0.05) is 32.0 Å². The van der Waals surface area contributed by atoms with Gasteiger partial charge in [-0.2, -0.15) is 0 Å². The molecule has 3 amide bonds. The van der Waals surface area contributed by atoms with Crippen molar-refractivity contribution in [3.63, 3.8) is 0 Å². The number of carbonyl (C=O) groups is 3. The first-order valence-corrected chi connectivity index (χ1v) is 10.8. The molecular weight excluding hydrogens is 368 g/mol. The van der Waals surface area contributed by atoms with Crippen molar-refractivity contribution >= 4 is 17.7 Å². The number of hydrogen-bond donors (Lipinski definition) is 0. The summed E-state index contributed by atoms with van der Waals surface area (Å²) < 4.78 is 5.36. The van der Waals surface area contributed by atoms with Gasteiger partial charge >= 0.3 is 0 Å². The fraction of sp³-hybridized carbons (Fsp3) is 0.609. The van der Waals surface area contributed by atoms with Crippen LogP contribution in [0.3, 0.4) is 0 Å². The monoisotopic (exact) mass is 398 g/mol. The van der Waals surface area contributed by atoms with Gasteiger partial charge in [0.15, 0.2) is 0 Å². The third kappa shape index (κ3) is 3.65. The molecule has 0 spiro atoms. The Bertz CT molecular complexity index is 796. The second-order valence-corrected chi connectivity index (χ2v) is 8.62. The Morgan fingerprint density at radius 1 is 1.10 bits per heavy atom. The summed E-state index contributed by atoms with van der Waals surface area (Å²) in [6.45, 7) is 1.48. The Hall–Kier alpha value is -2.37. The molecule has 3 aliphatic rings. The maximum Gasteiger partial charge on any atom is 0.241 e. The van der Waals surface area contributed by atoms with Crippen LogP contribution in [-0.4, -0.2) is 53.8 Å². The number of ether oxygens (including phenoxy) is 1. The second kappa shape index (κ2) is 8.17. The summed E-state index contributed by atoms with van der Waals surface area (Å²) in [6, 6.07) is 7.30. The first-order valence-electron chi connectivity index (χ1n) is 10.8. The minimum atomic E-state index is -1.12. The number of imide groups is 1. The summed E-state index contributed by atoms with van der Waals surface area (Å²) in [5.41, 5.74) is -0.413. The third-order valence-corrected chi connectivity index (χ3v) is 6.82. The Morgan fingerprint density at radius 3 is 2.52 bits per heavy atom. The SMILES string of the molecule is COc1cccc([C@]2(CC(=O)N3CCCCC3)CC(=O)N(C3CCCC3)C2=O)c1. The highest BCUT2D eigenvalue weighted by molar-refractivity contribution is 6.11. The van der Waals surface area contributed by atoms with Gasteiger partial charge in [-0.3, -0.25) is 19.3 Å². The molecular formula is C23H30N2O4. The zero-order valence-corrected chi connectivity index (χ0v) is 17.2. The number of carbonyl (C=O) groups excluding carboxylic acids is 3. The highest BCUT2D eigenvalue weighted by Crippen LogP contribution is 2.44. The van der Waals surface area contributed by atoms with Gasteiger partial charge in [-0.15, -0.1) is 0 Å². The van der Waals surface area contributed by atoms with Gasteiger partial charge in [-0.05, 0) is 49.8 Å². The molecule has 0 N–H and O–H groups in total. The molecule has 1 aromatic carbocycles. The summed E-state index contributed by atoms with van der Waals surface area (Å²) in [7, 11) is 1.58. The van der Waals surface area contributed by atoms with Crippen molar-refractivity contribution < 1.29 is 19.1 Å². The highest BCUT2D eigenvalue weighted by Gasteiger charge is 2.56. The Labute approximate surface area is 172 Å².